The topological polar surface area (TPSA) is 81.7 Å². The van der Waals surface area contributed by atoms with E-state index in [0.717, 1.165) is 6.26 Å². The molecule has 0 saturated heterocycles. The van der Waals surface area contributed by atoms with Gasteiger partial charge in [-0.25, -0.2) is 8.42 Å². The summed E-state index contributed by atoms with van der Waals surface area (Å²) in [4.78, 5) is 12.4. The maximum absolute atomic E-state index is 12.3. The molecule has 0 aliphatic carbocycles. The lowest BCUT2D eigenvalue weighted by molar-refractivity contribution is -0.125. The minimum Gasteiger partial charge on any atom is -0.485 e. The Balaban J connectivity index is 1.73. The summed E-state index contributed by atoms with van der Waals surface area (Å²) in [5, 5.41) is 2.65. The summed E-state index contributed by atoms with van der Waals surface area (Å²) >= 11 is 0. The van der Waals surface area contributed by atoms with Crippen LogP contribution in [0.1, 0.15) is 0 Å². The Kier molecular flexibility index (Phi) is 3.96. The van der Waals surface area contributed by atoms with Gasteiger partial charge < -0.3 is 14.8 Å². The molecule has 3 rings (SSSR count). The van der Waals surface area contributed by atoms with Crippen molar-refractivity contribution in [2.75, 3.05) is 18.2 Å². The second-order valence-corrected chi connectivity index (χ2v) is 7.17. The van der Waals surface area contributed by atoms with E-state index in [4.69, 9.17) is 9.47 Å². The molecule has 1 atom stereocenters. The SMILES string of the molecule is CS(=O)(=O)c1cccc(NC(=O)[C@H]2COc3ccccc3O2)c1. The highest BCUT2D eigenvalue weighted by molar-refractivity contribution is 7.90. The molecular weight excluding hydrogens is 318 g/mol. The number of hydrogen-bond acceptors (Lipinski definition) is 5. The average Bonchev–Trinajstić information content (AvgIpc) is 2.54. The van der Waals surface area contributed by atoms with E-state index in [1.807, 2.05) is 6.07 Å². The van der Waals surface area contributed by atoms with E-state index in [0.29, 0.717) is 17.2 Å². The van der Waals surface area contributed by atoms with Crippen molar-refractivity contribution in [3.05, 3.63) is 48.5 Å². The molecule has 7 heteroatoms. The Bertz CT molecular complexity index is 847. The van der Waals surface area contributed by atoms with Gasteiger partial charge in [0.15, 0.2) is 21.3 Å². The summed E-state index contributed by atoms with van der Waals surface area (Å²) in [5.41, 5.74) is 0.389. The van der Waals surface area contributed by atoms with Crippen molar-refractivity contribution in [3.8, 4) is 11.5 Å². The van der Waals surface area contributed by atoms with Crippen LogP contribution in [0.25, 0.3) is 0 Å². The molecule has 0 radical (unpaired) electrons. The van der Waals surface area contributed by atoms with Crippen molar-refractivity contribution in [2.45, 2.75) is 11.0 Å². The zero-order valence-corrected chi connectivity index (χ0v) is 13.2. The van der Waals surface area contributed by atoms with Gasteiger partial charge in [-0.3, -0.25) is 4.79 Å². The first-order chi connectivity index (χ1) is 10.9. The lowest BCUT2D eigenvalue weighted by atomic mass is 10.2. The predicted octanol–water partition coefficient (Wildman–Crippen LogP) is 1.87. The molecule has 1 aliphatic rings. The van der Waals surface area contributed by atoms with E-state index in [9.17, 15) is 13.2 Å². The van der Waals surface area contributed by atoms with E-state index in [2.05, 4.69) is 5.32 Å². The first kappa shape index (κ1) is 15.4. The molecule has 0 bridgehead atoms. The van der Waals surface area contributed by atoms with Crippen molar-refractivity contribution in [1.82, 2.24) is 0 Å². The first-order valence-corrected chi connectivity index (χ1v) is 8.82. The number of para-hydroxylation sites is 2. The molecule has 1 aliphatic heterocycles. The van der Waals surface area contributed by atoms with Crippen molar-refractivity contribution >= 4 is 21.4 Å². The summed E-state index contributed by atoms with van der Waals surface area (Å²) in [6, 6.07) is 13.2. The zero-order chi connectivity index (χ0) is 16.4. The number of ether oxygens (including phenoxy) is 2. The lowest BCUT2D eigenvalue weighted by Gasteiger charge is -2.25. The van der Waals surface area contributed by atoms with Gasteiger partial charge in [-0.1, -0.05) is 18.2 Å². The normalized spacial score (nSPS) is 16.7. The second kappa shape index (κ2) is 5.92. The molecule has 1 amide bonds. The Morgan fingerprint density at radius 3 is 2.61 bits per heavy atom. The number of carbonyl (C=O) groups excluding carboxylic acids is 1. The molecule has 1 heterocycles. The standard InChI is InChI=1S/C16H15NO5S/c1-23(19,20)12-6-4-5-11(9-12)17-16(18)15-10-21-13-7-2-3-8-14(13)22-15/h2-9,15H,10H2,1H3,(H,17,18)/t15-/m1/s1. The summed E-state index contributed by atoms with van der Waals surface area (Å²) in [7, 11) is -3.33. The van der Waals surface area contributed by atoms with Crippen LogP contribution in [-0.4, -0.2) is 33.3 Å². The van der Waals surface area contributed by atoms with Crippen LogP contribution in [0.3, 0.4) is 0 Å². The largest absolute Gasteiger partial charge is 0.485 e. The molecule has 0 spiro atoms. The third-order valence-corrected chi connectivity index (χ3v) is 4.44. The Labute approximate surface area is 134 Å². The molecule has 2 aromatic carbocycles. The van der Waals surface area contributed by atoms with E-state index in [-0.39, 0.29) is 11.5 Å². The number of anilines is 1. The monoisotopic (exact) mass is 333 g/mol. The molecule has 2 aromatic rings. The average molecular weight is 333 g/mol. The molecule has 0 saturated carbocycles. The summed E-state index contributed by atoms with van der Waals surface area (Å²) in [5.74, 6) is 0.699. The van der Waals surface area contributed by atoms with Crippen LogP contribution in [-0.2, 0) is 14.6 Å². The maximum Gasteiger partial charge on any atom is 0.269 e. The van der Waals surface area contributed by atoms with E-state index < -0.39 is 21.8 Å². The van der Waals surface area contributed by atoms with Crippen LogP contribution in [0.4, 0.5) is 5.69 Å². The van der Waals surface area contributed by atoms with Crippen LogP contribution in [0.2, 0.25) is 0 Å². The first-order valence-electron chi connectivity index (χ1n) is 6.93. The number of nitrogens with one attached hydrogen (secondary N) is 1. The number of amides is 1. The number of rotatable bonds is 3. The van der Waals surface area contributed by atoms with Gasteiger partial charge in [0.05, 0.1) is 4.90 Å². The van der Waals surface area contributed by atoms with Gasteiger partial charge in [-0.05, 0) is 30.3 Å². The van der Waals surface area contributed by atoms with Gasteiger partial charge >= 0.3 is 0 Å². The van der Waals surface area contributed by atoms with Gasteiger partial charge in [0, 0.05) is 11.9 Å². The minimum atomic E-state index is -3.33. The summed E-state index contributed by atoms with van der Waals surface area (Å²) in [6.07, 6.45) is 0.315. The third-order valence-electron chi connectivity index (χ3n) is 3.33. The molecule has 0 fully saturated rings. The predicted molar refractivity (Wildman–Crippen MR) is 84.5 cm³/mol. The molecule has 1 N–H and O–H groups in total. The molecule has 6 nitrogen and oxygen atoms in total. The van der Waals surface area contributed by atoms with Crippen molar-refractivity contribution in [2.24, 2.45) is 0 Å². The van der Waals surface area contributed by atoms with Gasteiger partial charge in [0.2, 0.25) is 6.10 Å². The Morgan fingerprint density at radius 2 is 1.87 bits per heavy atom. The highest BCUT2D eigenvalue weighted by atomic mass is 32.2. The summed E-state index contributed by atoms with van der Waals surface area (Å²) < 4.78 is 34.2. The zero-order valence-electron chi connectivity index (χ0n) is 12.4. The fourth-order valence-corrected chi connectivity index (χ4v) is 2.84. The Hall–Kier alpha value is -2.54. The molecule has 23 heavy (non-hydrogen) atoms. The van der Waals surface area contributed by atoms with Gasteiger partial charge in [0.25, 0.3) is 5.91 Å². The highest BCUT2D eigenvalue weighted by Crippen LogP contribution is 2.31. The summed E-state index contributed by atoms with van der Waals surface area (Å²) in [6.45, 7) is 0.0919. The quantitative estimate of drug-likeness (QED) is 0.927. The maximum atomic E-state index is 12.3. The number of carbonyl (C=O) groups is 1. The van der Waals surface area contributed by atoms with Crippen LogP contribution < -0.4 is 14.8 Å². The van der Waals surface area contributed by atoms with E-state index in [1.165, 1.54) is 12.1 Å². The van der Waals surface area contributed by atoms with E-state index in [1.54, 1.807) is 30.3 Å². The van der Waals surface area contributed by atoms with Crippen LogP contribution in [0.15, 0.2) is 53.4 Å². The van der Waals surface area contributed by atoms with Crippen LogP contribution in [0, 0.1) is 0 Å². The molecule has 0 aromatic heterocycles. The van der Waals surface area contributed by atoms with Crippen LogP contribution in [0.5, 0.6) is 11.5 Å². The lowest BCUT2D eigenvalue weighted by Crippen LogP contribution is -2.40. The minimum absolute atomic E-state index is 0.0919. The van der Waals surface area contributed by atoms with Gasteiger partial charge in [-0.2, -0.15) is 0 Å². The third kappa shape index (κ3) is 3.45. The second-order valence-electron chi connectivity index (χ2n) is 5.15. The van der Waals surface area contributed by atoms with E-state index >= 15 is 0 Å². The molecular formula is C16H15NO5S. The molecule has 0 unspecified atom stereocenters. The van der Waals surface area contributed by atoms with Gasteiger partial charge in [-0.15, -0.1) is 0 Å². The van der Waals surface area contributed by atoms with Crippen molar-refractivity contribution in [3.63, 3.8) is 0 Å². The number of benzene rings is 2. The van der Waals surface area contributed by atoms with Crippen molar-refractivity contribution in [1.29, 1.82) is 0 Å². The number of sulfone groups is 1. The number of fused-ring (bicyclic) bond motifs is 1. The fourth-order valence-electron chi connectivity index (χ4n) is 2.18. The molecule has 120 valence electrons. The Morgan fingerprint density at radius 1 is 1.13 bits per heavy atom. The van der Waals surface area contributed by atoms with Gasteiger partial charge in [0.1, 0.15) is 6.61 Å². The van der Waals surface area contributed by atoms with Crippen molar-refractivity contribution < 1.29 is 22.7 Å². The fraction of sp³-hybridized carbons (Fsp3) is 0.188. The smallest absolute Gasteiger partial charge is 0.269 e. The van der Waals surface area contributed by atoms with Crippen LogP contribution >= 0.6 is 0 Å². The number of hydrogen-bond donors (Lipinski definition) is 1. The highest BCUT2D eigenvalue weighted by Gasteiger charge is 2.27.